The van der Waals surface area contributed by atoms with Crippen LogP contribution in [0.5, 0.6) is 11.5 Å². The van der Waals surface area contributed by atoms with E-state index < -0.39 is 41.2 Å². The Kier molecular flexibility index (Phi) is 7.21. The van der Waals surface area contributed by atoms with E-state index >= 15 is 0 Å². The number of rotatable bonds is 10. The highest BCUT2D eigenvalue weighted by atomic mass is 16.6. The monoisotopic (exact) mass is 546 g/mol. The molecule has 4 aliphatic rings. The van der Waals surface area contributed by atoms with Crippen molar-refractivity contribution in [3.63, 3.8) is 0 Å². The van der Waals surface area contributed by atoms with Gasteiger partial charge in [-0.25, -0.2) is 9.59 Å². The van der Waals surface area contributed by atoms with Gasteiger partial charge in [-0.1, -0.05) is 6.07 Å². The Morgan fingerprint density at radius 2 is 2.05 bits per heavy atom. The number of hydrogen-bond acceptors (Lipinski definition) is 10. The smallest absolute Gasteiger partial charge is 0.407 e. The van der Waals surface area contributed by atoms with Gasteiger partial charge in [-0.15, -0.1) is 0 Å². The lowest BCUT2D eigenvalue weighted by molar-refractivity contribution is -0.170. The van der Waals surface area contributed by atoms with Crippen molar-refractivity contribution in [3.05, 3.63) is 35.1 Å². The quantitative estimate of drug-likeness (QED) is 0.286. The minimum Gasteiger partial charge on any atom is -0.493 e. The number of benzene rings is 1. The van der Waals surface area contributed by atoms with E-state index in [1.54, 1.807) is 13.2 Å². The third-order valence-electron chi connectivity index (χ3n) is 8.52. The molecule has 1 saturated heterocycles. The summed E-state index contributed by atoms with van der Waals surface area (Å²) in [7, 11) is 5.00. The number of carboxylic acids is 1. The van der Waals surface area contributed by atoms with Crippen LogP contribution >= 0.6 is 0 Å². The van der Waals surface area contributed by atoms with Crippen molar-refractivity contribution in [2.45, 2.75) is 61.3 Å². The van der Waals surface area contributed by atoms with Crippen LogP contribution in [0, 0.1) is 0 Å². The molecular formula is C27H34N2O10. The number of carboxylic acid groups (broad SMARTS) is 1. The van der Waals surface area contributed by atoms with Crippen molar-refractivity contribution < 1.29 is 48.3 Å². The van der Waals surface area contributed by atoms with Crippen molar-refractivity contribution in [1.82, 2.24) is 10.2 Å². The van der Waals surface area contributed by atoms with Crippen LogP contribution in [0.4, 0.5) is 4.79 Å². The van der Waals surface area contributed by atoms with Crippen molar-refractivity contribution in [2.75, 3.05) is 41.0 Å². The fourth-order valence-electron chi connectivity index (χ4n) is 6.69. The Bertz CT molecular complexity index is 1200. The summed E-state index contributed by atoms with van der Waals surface area (Å²) in [5.41, 5.74) is -0.0867. The number of likely N-dealkylation sites (tertiary alicyclic amines) is 1. The number of methoxy groups -OCH3 is 2. The first-order valence-corrected chi connectivity index (χ1v) is 13.0. The fourth-order valence-corrected chi connectivity index (χ4v) is 6.69. The van der Waals surface area contributed by atoms with Gasteiger partial charge >= 0.3 is 18.0 Å². The van der Waals surface area contributed by atoms with E-state index in [0.717, 1.165) is 11.1 Å². The molecule has 1 aromatic carbocycles. The zero-order valence-electron chi connectivity index (χ0n) is 22.2. The second-order valence-electron chi connectivity index (χ2n) is 10.5. The standard InChI is InChI=1S/C27H34N2O10/c1-29-11-10-26-21-15-4-6-17(36-3)22(21)39-23(26)18(8-9-27(26,34)19(29)14-15)38-24(32)16(5-7-20(30)31)28-25(33)37-13-12-35-2/h4,6,8,16,19,23,34H,5,7,9-14H2,1-3H3,(H,28,33)(H,30,31)/t16?,19-,23-,26-,27+/m0/s1. The van der Waals surface area contributed by atoms with E-state index in [9.17, 15) is 19.5 Å². The van der Waals surface area contributed by atoms with Crippen LogP contribution in [0.25, 0.3) is 0 Å². The van der Waals surface area contributed by atoms with Gasteiger partial charge in [0.1, 0.15) is 18.4 Å². The Morgan fingerprint density at radius 3 is 2.77 bits per heavy atom. The molecule has 1 fully saturated rings. The summed E-state index contributed by atoms with van der Waals surface area (Å²) in [4.78, 5) is 39.0. The molecule has 5 rings (SSSR count). The molecule has 39 heavy (non-hydrogen) atoms. The van der Waals surface area contributed by atoms with Gasteiger partial charge in [-0.3, -0.25) is 4.79 Å². The second-order valence-corrected chi connectivity index (χ2v) is 10.5. The molecule has 1 amide bonds. The minimum absolute atomic E-state index is 0.0385. The Labute approximate surface area is 225 Å². The van der Waals surface area contributed by atoms with Crippen LogP contribution in [-0.4, -0.2) is 98.0 Å². The van der Waals surface area contributed by atoms with E-state index in [2.05, 4.69) is 10.2 Å². The average Bonchev–Trinajstić information content (AvgIpc) is 3.26. The van der Waals surface area contributed by atoms with Crippen molar-refractivity contribution >= 4 is 18.0 Å². The fraction of sp³-hybridized carbons (Fsp3) is 0.593. The van der Waals surface area contributed by atoms with Crippen molar-refractivity contribution in [3.8, 4) is 11.5 Å². The molecule has 0 radical (unpaired) electrons. The zero-order valence-corrected chi connectivity index (χ0v) is 22.2. The number of alkyl carbamates (subject to hydrolysis) is 1. The third-order valence-corrected chi connectivity index (χ3v) is 8.52. The van der Waals surface area contributed by atoms with E-state index in [4.69, 9.17) is 28.8 Å². The molecule has 1 unspecified atom stereocenters. The largest absolute Gasteiger partial charge is 0.493 e. The maximum absolute atomic E-state index is 13.3. The minimum atomic E-state index is -1.28. The van der Waals surface area contributed by atoms with Gasteiger partial charge in [0.2, 0.25) is 0 Å². The van der Waals surface area contributed by atoms with E-state index in [1.807, 2.05) is 19.2 Å². The number of aliphatic hydroxyl groups is 1. The number of amides is 1. The Morgan fingerprint density at radius 1 is 1.26 bits per heavy atom. The highest BCUT2D eigenvalue weighted by Crippen LogP contribution is 2.65. The molecule has 3 N–H and O–H groups in total. The summed E-state index contributed by atoms with van der Waals surface area (Å²) in [6.45, 7) is 0.834. The first-order chi connectivity index (χ1) is 18.7. The van der Waals surface area contributed by atoms with Crippen LogP contribution in [0.3, 0.4) is 0 Å². The number of likely N-dealkylation sites (N-methyl/N-ethyl adjacent to an activating group) is 1. The summed E-state index contributed by atoms with van der Waals surface area (Å²) in [6, 6.07) is 2.41. The molecule has 212 valence electrons. The average molecular weight is 547 g/mol. The molecule has 0 aromatic heterocycles. The number of ether oxygens (including phenoxy) is 5. The predicted molar refractivity (Wildman–Crippen MR) is 135 cm³/mol. The Hall–Kier alpha value is -3.35. The van der Waals surface area contributed by atoms with Crippen LogP contribution in [0.1, 0.15) is 36.8 Å². The zero-order chi connectivity index (χ0) is 27.9. The number of carbonyl (C=O) groups is 3. The molecule has 1 spiro atoms. The number of esters is 1. The van der Waals surface area contributed by atoms with Gasteiger partial charge in [0.25, 0.3) is 0 Å². The first kappa shape index (κ1) is 27.2. The number of piperidine rings is 1. The number of hydrogen-bond donors (Lipinski definition) is 3. The Balaban J connectivity index is 1.45. The van der Waals surface area contributed by atoms with E-state index in [-0.39, 0.29) is 44.3 Å². The molecule has 1 aromatic rings. The van der Waals surface area contributed by atoms with E-state index in [1.165, 1.54) is 7.11 Å². The second kappa shape index (κ2) is 10.3. The molecule has 5 atom stereocenters. The maximum atomic E-state index is 13.3. The third kappa shape index (κ3) is 4.30. The number of carbonyl (C=O) groups excluding carboxylic acids is 2. The van der Waals surface area contributed by atoms with Gasteiger partial charge in [0, 0.05) is 31.6 Å². The molecule has 2 aliphatic carbocycles. The number of nitrogens with one attached hydrogen (secondary N) is 1. The molecular weight excluding hydrogens is 512 g/mol. The van der Waals surface area contributed by atoms with Crippen molar-refractivity contribution in [1.29, 1.82) is 0 Å². The van der Waals surface area contributed by atoms with Crippen LogP contribution < -0.4 is 14.8 Å². The number of aliphatic carboxylic acids is 1. The van der Waals surface area contributed by atoms with Gasteiger partial charge in [-0.2, -0.15) is 0 Å². The lowest BCUT2D eigenvalue weighted by Gasteiger charge is -2.61. The summed E-state index contributed by atoms with van der Waals surface area (Å²) in [5.74, 6) is -0.693. The van der Waals surface area contributed by atoms with Gasteiger partial charge in [0.05, 0.1) is 24.7 Å². The van der Waals surface area contributed by atoms with Crippen molar-refractivity contribution in [2.24, 2.45) is 0 Å². The SMILES string of the molecule is COCCOC(=O)NC(CCC(=O)O)C(=O)OC1=CC[C@@]2(O)[C@@H]3Cc4ccc(OC)c5c4[C@@]2(CCN3C)[C@H]1O5. The molecule has 2 bridgehead atoms. The lowest BCUT2D eigenvalue weighted by Crippen LogP contribution is -2.74. The summed E-state index contributed by atoms with van der Waals surface area (Å²) in [5, 5.41) is 23.8. The lowest BCUT2D eigenvalue weighted by atomic mass is 9.50. The summed E-state index contributed by atoms with van der Waals surface area (Å²) in [6.07, 6.45) is 0.828. The molecule has 12 nitrogen and oxygen atoms in total. The van der Waals surface area contributed by atoms with Gasteiger partial charge in [-0.05, 0) is 50.6 Å². The van der Waals surface area contributed by atoms with Crippen LogP contribution in [0.2, 0.25) is 0 Å². The topological polar surface area (TPSA) is 153 Å². The van der Waals surface area contributed by atoms with Gasteiger partial charge in [0.15, 0.2) is 17.6 Å². The first-order valence-electron chi connectivity index (χ1n) is 13.0. The summed E-state index contributed by atoms with van der Waals surface area (Å²) < 4.78 is 27.7. The van der Waals surface area contributed by atoms with E-state index in [0.29, 0.717) is 30.9 Å². The predicted octanol–water partition coefficient (Wildman–Crippen LogP) is 1.12. The van der Waals surface area contributed by atoms with Crippen LogP contribution in [0.15, 0.2) is 24.0 Å². The normalized spacial score (nSPS) is 28.9. The maximum Gasteiger partial charge on any atom is 0.407 e. The molecule has 12 heteroatoms. The molecule has 0 saturated carbocycles. The molecule has 2 aliphatic heterocycles. The molecule has 2 heterocycles. The summed E-state index contributed by atoms with van der Waals surface area (Å²) >= 11 is 0. The van der Waals surface area contributed by atoms with Gasteiger partial charge < -0.3 is 44.1 Å². The highest BCUT2D eigenvalue weighted by Gasteiger charge is 2.72. The van der Waals surface area contributed by atoms with Crippen LogP contribution in [-0.2, 0) is 35.6 Å². The number of nitrogens with zero attached hydrogens (tertiary/aromatic N) is 1. The highest BCUT2D eigenvalue weighted by molar-refractivity contribution is 5.83.